The van der Waals surface area contributed by atoms with Gasteiger partial charge in [-0.25, -0.2) is 13.8 Å². The van der Waals surface area contributed by atoms with Gasteiger partial charge in [-0.05, 0) is 36.4 Å². The lowest BCUT2D eigenvalue weighted by molar-refractivity contribution is -0.120. The third kappa shape index (κ3) is 6.93. The van der Waals surface area contributed by atoms with Gasteiger partial charge < -0.3 is 19.5 Å². The van der Waals surface area contributed by atoms with E-state index in [0.29, 0.717) is 35.9 Å². The average Bonchev–Trinajstić information content (AvgIpc) is 2.87. The lowest BCUT2D eigenvalue weighted by atomic mass is 10.2. The van der Waals surface area contributed by atoms with Crippen molar-refractivity contribution >= 4 is 28.1 Å². The van der Waals surface area contributed by atoms with Crippen molar-refractivity contribution in [1.82, 2.24) is 15.0 Å². The molecule has 2 rings (SSSR count). The number of amides is 2. The van der Waals surface area contributed by atoms with Crippen LogP contribution in [0.3, 0.4) is 0 Å². The van der Waals surface area contributed by atoms with E-state index in [4.69, 9.17) is 14.2 Å². The molecule has 0 saturated carbocycles. The summed E-state index contributed by atoms with van der Waals surface area (Å²) in [6.07, 6.45) is 1.39. The molecule has 2 amide bonds. The van der Waals surface area contributed by atoms with Gasteiger partial charge in [0.1, 0.15) is 0 Å². The Labute approximate surface area is 205 Å². The van der Waals surface area contributed by atoms with Crippen LogP contribution in [0.15, 0.2) is 46.4 Å². The Morgan fingerprint density at radius 1 is 0.971 bits per heavy atom. The van der Waals surface area contributed by atoms with Crippen LogP contribution in [0.2, 0.25) is 0 Å². The molecule has 0 radical (unpaired) electrons. The highest BCUT2D eigenvalue weighted by atomic mass is 32.2. The summed E-state index contributed by atoms with van der Waals surface area (Å²) in [5.74, 6) is 0.214. The number of hydrogen-bond acceptors (Lipinski definition) is 8. The summed E-state index contributed by atoms with van der Waals surface area (Å²) in [5, 5.41) is 6.33. The van der Waals surface area contributed by atoms with E-state index in [-0.39, 0.29) is 17.0 Å². The number of carbonyl (C=O) groups is 2. The maximum atomic E-state index is 12.5. The molecule has 11 nitrogen and oxygen atoms in total. The van der Waals surface area contributed by atoms with E-state index < -0.39 is 21.8 Å². The minimum Gasteiger partial charge on any atom is -0.493 e. The molecule has 2 aromatic carbocycles. The van der Waals surface area contributed by atoms with Crippen molar-refractivity contribution < 1.29 is 32.2 Å². The standard InChI is InChI=1S/C23H30N4O7S/c1-6-27(7-2)35(30,31)18-10-8-17(9-11-18)23(29)24-15-21(28)26-25-14-16-12-19(32-3)22(34-5)20(13-16)33-4/h8-14H,6-7,15H2,1-5H3,(H,24,29)(H,26,28)/b25-14+. The first kappa shape index (κ1) is 27.6. The molecule has 0 fully saturated rings. The van der Waals surface area contributed by atoms with Crippen LogP contribution in [0, 0.1) is 0 Å². The number of sulfonamides is 1. The quantitative estimate of drug-likeness (QED) is 0.330. The Kier molecular flexibility index (Phi) is 10.0. The van der Waals surface area contributed by atoms with E-state index in [1.165, 1.54) is 56.1 Å². The average molecular weight is 507 g/mol. The number of nitrogens with one attached hydrogen (secondary N) is 2. The minimum atomic E-state index is -3.62. The van der Waals surface area contributed by atoms with Crippen LogP contribution >= 0.6 is 0 Å². The normalized spacial score (nSPS) is 11.4. The molecule has 0 aliphatic carbocycles. The second-order valence-corrected chi connectivity index (χ2v) is 8.99. The van der Waals surface area contributed by atoms with Crippen molar-refractivity contribution in [2.75, 3.05) is 41.0 Å². The van der Waals surface area contributed by atoms with Crippen LogP contribution in [0.5, 0.6) is 17.2 Å². The maximum absolute atomic E-state index is 12.5. The smallest absolute Gasteiger partial charge is 0.259 e. The van der Waals surface area contributed by atoms with Crippen molar-refractivity contribution in [2.24, 2.45) is 5.10 Å². The Hall–Kier alpha value is -3.64. The molecule has 0 aromatic heterocycles. The van der Waals surface area contributed by atoms with Gasteiger partial charge in [-0.15, -0.1) is 0 Å². The number of ether oxygens (including phenoxy) is 3. The predicted octanol–water partition coefficient (Wildman–Crippen LogP) is 1.62. The number of hydrazone groups is 1. The molecule has 2 N–H and O–H groups in total. The van der Waals surface area contributed by atoms with E-state index in [0.717, 1.165) is 0 Å². The van der Waals surface area contributed by atoms with Gasteiger partial charge in [0, 0.05) is 24.2 Å². The summed E-state index contributed by atoms with van der Waals surface area (Å²) in [6.45, 7) is 3.87. The maximum Gasteiger partial charge on any atom is 0.259 e. The number of hydrogen-bond donors (Lipinski definition) is 2. The molecule has 0 aliphatic rings. The second-order valence-electron chi connectivity index (χ2n) is 7.05. The summed E-state index contributed by atoms with van der Waals surface area (Å²) < 4.78 is 42.2. The van der Waals surface area contributed by atoms with Crippen LogP contribution in [0.25, 0.3) is 0 Å². The Bertz CT molecular complexity index is 1140. The molecular formula is C23H30N4O7S. The molecule has 190 valence electrons. The van der Waals surface area contributed by atoms with Crippen molar-refractivity contribution in [3.63, 3.8) is 0 Å². The fourth-order valence-corrected chi connectivity index (χ4v) is 4.61. The fraction of sp³-hybridized carbons (Fsp3) is 0.348. The molecule has 0 bridgehead atoms. The van der Waals surface area contributed by atoms with Crippen LogP contribution in [-0.2, 0) is 14.8 Å². The number of rotatable bonds is 12. The van der Waals surface area contributed by atoms with Crippen molar-refractivity contribution in [2.45, 2.75) is 18.7 Å². The Morgan fingerprint density at radius 2 is 1.54 bits per heavy atom. The molecule has 2 aromatic rings. The van der Waals surface area contributed by atoms with Gasteiger partial charge in [-0.2, -0.15) is 9.41 Å². The van der Waals surface area contributed by atoms with E-state index in [2.05, 4.69) is 15.8 Å². The van der Waals surface area contributed by atoms with Gasteiger partial charge in [-0.3, -0.25) is 9.59 Å². The highest BCUT2D eigenvalue weighted by molar-refractivity contribution is 7.89. The van der Waals surface area contributed by atoms with Gasteiger partial charge in [0.05, 0.1) is 39.0 Å². The topological polar surface area (TPSA) is 136 Å². The van der Waals surface area contributed by atoms with E-state index in [1.54, 1.807) is 26.0 Å². The molecule has 12 heteroatoms. The van der Waals surface area contributed by atoms with Gasteiger partial charge in [0.2, 0.25) is 15.8 Å². The third-order valence-electron chi connectivity index (χ3n) is 4.96. The summed E-state index contributed by atoms with van der Waals surface area (Å²) in [7, 11) is 0.847. The van der Waals surface area contributed by atoms with E-state index in [1.807, 2.05) is 0 Å². The first-order valence-corrected chi connectivity index (χ1v) is 12.2. The lowest BCUT2D eigenvalue weighted by Crippen LogP contribution is -2.35. The first-order chi connectivity index (χ1) is 16.7. The molecule has 0 aliphatic heterocycles. The van der Waals surface area contributed by atoms with Crippen LogP contribution in [-0.4, -0.2) is 71.7 Å². The number of nitrogens with zero attached hydrogens (tertiary/aromatic N) is 2. The number of carbonyl (C=O) groups excluding carboxylic acids is 2. The Balaban J connectivity index is 1.95. The summed E-state index contributed by atoms with van der Waals surface area (Å²) in [5.41, 5.74) is 3.12. The van der Waals surface area contributed by atoms with Gasteiger partial charge >= 0.3 is 0 Å². The molecule has 0 atom stereocenters. The monoisotopic (exact) mass is 506 g/mol. The zero-order valence-corrected chi connectivity index (χ0v) is 21.1. The van der Waals surface area contributed by atoms with Crippen molar-refractivity contribution in [3.05, 3.63) is 47.5 Å². The Morgan fingerprint density at radius 3 is 2.03 bits per heavy atom. The molecule has 0 saturated heterocycles. The van der Waals surface area contributed by atoms with Crippen LogP contribution in [0.4, 0.5) is 0 Å². The zero-order valence-electron chi connectivity index (χ0n) is 20.3. The number of methoxy groups -OCH3 is 3. The molecule has 0 heterocycles. The third-order valence-corrected chi connectivity index (χ3v) is 7.02. The largest absolute Gasteiger partial charge is 0.493 e. The highest BCUT2D eigenvalue weighted by Crippen LogP contribution is 2.37. The summed E-state index contributed by atoms with van der Waals surface area (Å²) in [4.78, 5) is 24.5. The SMILES string of the molecule is CCN(CC)S(=O)(=O)c1ccc(C(=O)NCC(=O)N/N=C/c2cc(OC)c(OC)c(OC)c2)cc1. The fourth-order valence-electron chi connectivity index (χ4n) is 3.15. The van der Waals surface area contributed by atoms with Gasteiger partial charge in [-0.1, -0.05) is 13.8 Å². The molecular weight excluding hydrogens is 476 g/mol. The van der Waals surface area contributed by atoms with Crippen molar-refractivity contribution in [1.29, 1.82) is 0 Å². The van der Waals surface area contributed by atoms with Gasteiger partial charge in [0.15, 0.2) is 11.5 Å². The van der Waals surface area contributed by atoms with E-state index >= 15 is 0 Å². The second kappa shape index (κ2) is 12.7. The lowest BCUT2D eigenvalue weighted by Gasteiger charge is -2.18. The molecule has 35 heavy (non-hydrogen) atoms. The summed E-state index contributed by atoms with van der Waals surface area (Å²) >= 11 is 0. The first-order valence-electron chi connectivity index (χ1n) is 10.7. The highest BCUT2D eigenvalue weighted by Gasteiger charge is 2.21. The number of benzene rings is 2. The van der Waals surface area contributed by atoms with E-state index in [9.17, 15) is 18.0 Å². The van der Waals surface area contributed by atoms with Crippen LogP contribution in [0.1, 0.15) is 29.8 Å². The minimum absolute atomic E-state index is 0.0941. The van der Waals surface area contributed by atoms with Gasteiger partial charge in [0.25, 0.3) is 11.8 Å². The summed E-state index contributed by atoms with van der Waals surface area (Å²) in [6, 6.07) is 8.83. The molecule has 0 spiro atoms. The predicted molar refractivity (Wildman–Crippen MR) is 131 cm³/mol. The zero-order chi connectivity index (χ0) is 26.0. The van der Waals surface area contributed by atoms with Crippen LogP contribution < -0.4 is 25.0 Å². The van der Waals surface area contributed by atoms with Crippen molar-refractivity contribution in [3.8, 4) is 17.2 Å². The molecule has 0 unspecified atom stereocenters.